The van der Waals surface area contributed by atoms with Crippen molar-refractivity contribution in [3.05, 3.63) is 71.9 Å². The van der Waals surface area contributed by atoms with Crippen LogP contribution >= 0.6 is 11.8 Å². The van der Waals surface area contributed by atoms with E-state index in [4.69, 9.17) is 0 Å². The van der Waals surface area contributed by atoms with Crippen molar-refractivity contribution in [2.45, 2.75) is 11.8 Å². The molecule has 1 N–H and O–H groups in total. The lowest BCUT2D eigenvalue weighted by Gasteiger charge is -2.09. The van der Waals surface area contributed by atoms with Crippen LogP contribution < -0.4 is 5.32 Å². The van der Waals surface area contributed by atoms with E-state index < -0.39 is 11.6 Å². The fraction of sp³-hybridized carbons (Fsp3) is 0.111. The number of carbonyl (C=O) groups is 1. The van der Waals surface area contributed by atoms with Crippen LogP contribution in [0.2, 0.25) is 0 Å². The van der Waals surface area contributed by atoms with Crippen molar-refractivity contribution in [3.63, 3.8) is 0 Å². The van der Waals surface area contributed by atoms with Gasteiger partial charge in [0.1, 0.15) is 5.82 Å². The Balaban J connectivity index is 1.68. The monoisotopic (exact) mass is 359 g/mol. The Labute approximate surface area is 147 Å². The summed E-state index contributed by atoms with van der Waals surface area (Å²) in [5.74, 6) is -1.46. The molecule has 7 heteroatoms. The van der Waals surface area contributed by atoms with Crippen LogP contribution in [0.4, 0.5) is 14.6 Å². The van der Waals surface area contributed by atoms with Gasteiger partial charge in [0.25, 0.3) is 0 Å². The van der Waals surface area contributed by atoms with Crippen LogP contribution in [0.5, 0.6) is 0 Å². The quantitative estimate of drug-likeness (QED) is 0.695. The first-order valence-electron chi connectivity index (χ1n) is 7.53. The zero-order valence-corrected chi connectivity index (χ0v) is 14.2. The fourth-order valence-electron chi connectivity index (χ4n) is 2.25. The zero-order valence-electron chi connectivity index (χ0n) is 13.4. The third kappa shape index (κ3) is 4.24. The van der Waals surface area contributed by atoms with Crippen molar-refractivity contribution in [3.8, 4) is 5.69 Å². The molecular weight excluding hydrogens is 344 g/mol. The fourth-order valence-corrected chi connectivity index (χ4v) is 2.97. The summed E-state index contributed by atoms with van der Waals surface area (Å²) in [6, 6.07) is 14.8. The number of aryl methyl sites for hydroxylation is 1. The van der Waals surface area contributed by atoms with Crippen molar-refractivity contribution in [2.24, 2.45) is 0 Å². The second-order valence-electron chi connectivity index (χ2n) is 5.33. The van der Waals surface area contributed by atoms with Crippen LogP contribution in [0.25, 0.3) is 5.69 Å². The standard InChI is InChI=1S/C18H15F2N3OS/c1-12-9-17(23(22-12)13-5-3-2-4-6-13)21-18(24)11-25-14-7-8-15(19)16(20)10-14/h2-10H,11H2,1H3,(H,21,24). The number of aromatic nitrogens is 2. The summed E-state index contributed by atoms with van der Waals surface area (Å²) in [5, 5.41) is 7.18. The summed E-state index contributed by atoms with van der Waals surface area (Å²) in [4.78, 5) is 12.7. The van der Waals surface area contributed by atoms with Gasteiger partial charge in [-0.2, -0.15) is 5.10 Å². The van der Waals surface area contributed by atoms with Gasteiger partial charge in [-0.3, -0.25) is 4.79 Å². The number of para-hydroxylation sites is 1. The third-order valence-electron chi connectivity index (χ3n) is 3.36. The minimum atomic E-state index is -0.928. The molecule has 0 aliphatic rings. The molecule has 1 aromatic heterocycles. The lowest BCUT2D eigenvalue weighted by Crippen LogP contribution is -2.16. The molecule has 0 spiro atoms. The van der Waals surface area contributed by atoms with Crippen molar-refractivity contribution >= 4 is 23.5 Å². The van der Waals surface area contributed by atoms with E-state index in [-0.39, 0.29) is 11.7 Å². The molecule has 0 saturated carbocycles. The van der Waals surface area contributed by atoms with Crippen molar-refractivity contribution in [2.75, 3.05) is 11.1 Å². The number of hydrogen-bond donors (Lipinski definition) is 1. The molecular formula is C18H15F2N3OS. The predicted octanol–water partition coefficient (Wildman–Crippen LogP) is 4.19. The largest absolute Gasteiger partial charge is 0.310 e. The Bertz CT molecular complexity index is 897. The summed E-state index contributed by atoms with van der Waals surface area (Å²) >= 11 is 1.13. The maximum atomic E-state index is 13.2. The Morgan fingerprint density at radius 1 is 1.12 bits per heavy atom. The van der Waals surface area contributed by atoms with Gasteiger partial charge >= 0.3 is 0 Å². The van der Waals surface area contributed by atoms with E-state index in [2.05, 4.69) is 10.4 Å². The number of anilines is 1. The first-order chi connectivity index (χ1) is 12.0. The normalized spacial score (nSPS) is 10.7. The van der Waals surface area contributed by atoms with Crippen LogP contribution in [0.1, 0.15) is 5.69 Å². The summed E-state index contributed by atoms with van der Waals surface area (Å²) in [6.07, 6.45) is 0. The number of benzene rings is 2. The average Bonchev–Trinajstić information content (AvgIpc) is 2.97. The summed E-state index contributed by atoms with van der Waals surface area (Å²) in [7, 11) is 0. The minimum absolute atomic E-state index is 0.0735. The van der Waals surface area contributed by atoms with Gasteiger partial charge in [0.15, 0.2) is 11.6 Å². The van der Waals surface area contributed by atoms with Crippen molar-refractivity contribution in [1.82, 2.24) is 9.78 Å². The predicted molar refractivity (Wildman–Crippen MR) is 94.0 cm³/mol. The van der Waals surface area contributed by atoms with Crippen molar-refractivity contribution in [1.29, 1.82) is 0 Å². The molecule has 1 heterocycles. The SMILES string of the molecule is Cc1cc(NC(=O)CSc2ccc(F)c(F)c2)n(-c2ccccc2)n1. The van der Waals surface area contributed by atoms with Gasteiger partial charge in [-0.1, -0.05) is 18.2 Å². The Morgan fingerprint density at radius 3 is 2.60 bits per heavy atom. The van der Waals surface area contributed by atoms with Gasteiger partial charge in [0.2, 0.25) is 5.91 Å². The summed E-state index contributed by atoms with van der Waals surface area (Å²) in [6.45, 7) is 1.84. The average molecular weight is 359 g/mol. The van der Waals surface area contributed by atoms with Crippen LogP contribution in [-0.4, -0.2) is 21.4 Å². The Hall–Kier alpha value is -2.67. The minimum Gasteiger partial charge on any atom is -0.310 e. The molecule has 128 valence electrons. The Morgan fingerprint density at radius 2 is 1.88 bits per heavy atom. The van der Waals surface area contributed by atoms with E-state index >= 15 is 0 Å². The maximum Gasteiger partial charge on any atom is 0.235 e. The van der Waals surface area contributed by atoms with Crippen LogP contribution in [0, 0.1) is 18.6 Å². The van der Waals surface area contributed by atoms with Gasteiger partial charge in [-0.05, 0) is 37.3 Å². The molecule has 0 radical (unpaired) electrons. The first kappa shape index (κ1) is 17.2. The van der Waals surface area contributed by atoms with Gasteiger partial charge in [0.05, 0.1) is 17.1 Å². The van der Waals surface area contributed by atoms with Crippen LogP contribution in [0.3, 0.4) is 0 Å². The molecule has 3 rings (SSSR count). The van der Waals surface area contributed by atoms with E-state index in [1.54, 1.807) is 10.7 Å². The molecule has 25 heavy (non-hydrogen) atoms. The van der Waals surface area contributed by atoms with E-state index in [1.807, 2.05) is 37.3 Å². The second-order valence-corrected chi connectivity index (χ2v) is 6.38. The highest BCUT2D eigenvalue weighted by molar-refractivity contribution is 8.00. The summed E-state index contributed by atoms with van der Waals surface area (Å²) < 4.78 is 27.8. The number of carbonyl (C=O) groups excluding carboxylic acids is 1. The molecule has 0 saturated heterocycles. The molecule has 0 atom stereocenters. The van der Waals surface area contributed by atoms with E-state index in [0.29, 0.717) is 10.7 Å². The smallest absolute Gasteiger partial charge is 0.235 e. The highest BCUT2D eigenvalue weighted by atomic mass is 32.2. The van der Waals surface area contributed by atoms with Crippen LogP contribution in [-0.2, 0) is 4.79 Å². The maximum absolute atomic E-state index is 13.2. The van der Waals surface area contributed by atoms with E-state index in [1.165, 1.54) is 6.07 Å². The number of nitrogens with zero attached hydrogens (tertiary/aromatic N) is 2. The van der Waals surface area contributed by atoms with Gasteiger partial charge in [-0.25, -0.2) is 13.5 Å². The number of thioether (sulfide) groups is 1. The number of amides is 1. The molecule has 2 aromatic carbocycles. The molecule has 0 bridgehead atoms. The molecule has 0 fully saturated rings. The van der Waals surface area contributed by atoms with Crippen LogP contribution in [0.15, 0.2) is 59.5 Å². The number of halogens is 2. The highest BCUT2D eigenvalue weighted by Crippen LogP contribution is 2.21. The van der Waals surface area contributed by atoms with E-state index in [9.17, 15) is 13.6 Å². The second kappa shape index (κ2) is 7.48. The highest BCUT2D eigenvalue weighted by Gasteiger charge is 2.12. The Kier molecular flexibility index (Phi) is 5.14. The lowest BCUT2D eigenvalue weighted by atomic mass is 10.3. The van der Waals surface area contributed by atoms with E-state index in [0.717, 1.165) is 35.3 Å². The number of rotatable bonds is 5. The molecule has 0 aliphatic carbocycles. The summed E-state index contributed by atoms with van der Waals surface area (Å²) in [5.41, 5.74) is 1.60. The zero-order chi connectivity index (χ0) is 17.8. The van der Waals surface area contributed by atoms with Crippen molar-refractivity contribution < 1.29 is 13.6 Å². The molecule has 0 unspecified atom stereocenters. The number of hydrogen-bond acceptors (Lipinski definition) is 3. The molecule has 4 nitrogen and oxygen atoms in total. The van der Waals surface area contributed by atoms with Gasteiger partial charge in [0, 0.05) is 11.0 Å². The number of nitrogens with one attached hydrogen (secondary N) is 1. The molecule has 3 aromatic rings. The third-order valence-corrected chi connectivity index (χ3v) is 4.35. The van der Waals surface area contributed by atoms with Gasteiger partial charge < -0.3 is 5.32 Å². The topological polar surface area (TPSA) is 46.9 Å². The van der Waals surface area contributed by atoms with Gasteiger partial charge in [-0.15, -0.1) is 11.8 Å². The first-order valence-corrected chi connectivity index (χ1v) is 8.51. The molecule has 0 aliphatic heterocycles. The molecule has 1 amide bonds. The lowest BCUT2D eigenvalue weighted by molar-refractivity contribution is -0.113.